The quantitative estimate of drug-likeness (QED) is 0.568. The third-order valence-electron chi connectivity index (χ3n) is 10.3. The second kappa shape index (κ2) is 7.57. The summed E-state index contributed by atoms with van der Waals surface area (Å²) in [6.45, 7) is 6.20. The lowest BCUT2D eigenvalue weighted by Gasteiger charge is -2.63. The Balaban J connectivity index is 1.41. The van der Waals surface area contributed by atoms with Gasteiger partial charge in [0, 0.05) is 16.7 Å². The van der Waals surface area contributed by atoms with Gasteiger partial charge in [-0.15, -0.1) is 0 Å². The fourth-order valence-corrected chi connectivity index (χ4v) is 8.48. The van der Waals surface area contributed by atoms with Crippen molar-refractivity contribution >= 4 is 17.5 Å². The minimum absolute atomic E-state index is 0.0472. The Morgan fingerprint density at radius 3 is 2.54 bits per heavy atom. The first-order valence-electron chi connectivity index (χ1n) is 13.2. The van der Waals surface area contributed by atoms with Gasteiger partial charge in [-0.05, 0) is 76.5 Å². The second-order valence-corrected chi connectivity index (χ2v) is 12.7. The van der Waals surface area contributed by atoms with E-state index in [9.17, 15) is 19.5 Å². The molecule has 6 rings (SSSR count). The summed E-state index contributed by atoms with van der Waals surface area (Å²) in [4.78, 5) is 38.1. The minimum atomic E-state index is -2.26. The number of alkyl halides is 2. The number of Topliss-reactive ketones (excluding diaryl/α,β-unsaturated/α-hetero) is 1. The van der Waals surface area contributed by atoms with Crippen LogP contribution in [0.2, 0.25) is 0 Å². The van der Waals surface area contributed by atoms with E-state index < -0.39 is 82.2 Å². The van der Waals surface area contributed by atoms with Crippen molar-refractivity contribution in [3.8, 4) is 0 Å². The molecule has 5 fully saturated rings. The van der Waals surface area contributed by atoms with Crippen molar-refractivity contribution in [2.45, 2.75) is 95.2 Å². The molecule has 9 heteroatoms. The topological polar surface area (TPSA) is 99.1 Å². The van der Waals surface area contributed by atoms with Gasteiger partial charge in [0.25, 0.3) is 0 Å². The molecule has 0 amide bonds. The summed E-state index contributed by atoms with van der Waals surface area (Å²) < 4.78 is 50.9. The van der Waals surface area contributed by atoms with E-state index in [2.05, 4.69) is 0 Å². The van der Waals surface area contributed by atoms with Gasteiger partial charge in [-0.3, -0.25) is 14.4 Å². The van der Waals surface area contributed by atoms with Gasteiger partial charge in [0.15, 0.2) is 29.4 Å². The molecule has 0 aromatic heterocycles. The number of aliphatic hydroxyl groups is 1. The Bertz CT molecular complexity index is 1140. The summed E-state index contributed by atoms with van der Waals surface area (Å²) in [5, 5.41) is 11.5. The van der Waals surface area contributed by atoms with E-state index in [1.165, 1.54) is 19.1 Å². The SMILES string of the molecule is CC1(C)O[C@H]2C[C@@H]3C4C[C@H](F)C5=CC(=O)C=C[C@@]5(C)[C@]4(F)[C@H](O)C[C@@]3(C)[C@]2(C(=O)COC(=O)C2CC2)O1. The molecule has 37 heavy (non-hydrogen) atoms. The predicted molar refractivity (Wildman–Crippen MR) is 125 cm³/mol. The van der Waals surface area contributed by atoms with Crippen LogP contribution in [0, 0.1) is 28.6 Å². The normalized spacial score (nSPS) is 49.4. The Kier molecular flexibility index (Phi) is 5.18. The number of halogens is 2. The van der Waals surface area contributed by atoms with Crippen molar-refractivity contribution < 1.29 is 42.5 Å². The number of hydrogen-bond donors (Lipinski definition) is 1. The first-order chi connectivity index (χ1) is 17.2. The maximum absolute atomic E-state index is 17.4. The molecule has 0 aromatic carbocycles. The number of ketones is 2. The van der Waals surface area contributed by atoms with Gasteiger partial charge < -0.3 is 19.3 Å². The van der Waals surface area contributed by atoms with E-state index in [1.54, 1.807) is 20.8 Å². The Labute approximate surface area is 214 Å². The van der Waals surface area contributed by atoms with Crippen LogP contribution in [0.1, 0.15) is 59.8 Å². The lowest BCUT2D eigenvalue weighted by Crippen LogP contribution is -2.71. The molecule has 1 heterocycles. The first-order valence-corrected chi connectivity index (χ1v) is 13.2. The Hall–Kier alpha value is -1.97. The van der Waals surface area contributed by atoms with E-state index >= 15 is 8.78 Å². The molecule has 1 unspecified atom stereocenters. The van der Waals surface area contributed by atoms with Gasteiger partial charge in [0.05, 0.1) is 18.1 Å². The van der Waals surface area contributed by atoms with Gasteiger partial charge in [-0.25, -0.2) is 8.78 Å². The van der Waals surface area contributed by atoms with Gasteiger partial charge in [-0.1, -0.05) is 13.0 Å². The molecule has 0 aromatic rings. The number of carbonyl (C=O) groups excluding carboxylic acids is 3. The molecule has 6 aliphatic rings. The molecule has 5 aliphatic carbocycles. The standard InChI is InChI=1S/C28H34F2O7/c1-24(2)36-22-11-16-17-10-19(29)18-9-15(31)7-8-25(18,3)27(17,30)20(32)12-26(16,4)28(22,37-24)21(33)13-35-23(34)14-5-6-14/h7-9,14,16-17,19-20,22,32H,5-6,10-13H2,1-4H3/t16-,17?,19+,20-,22+,25-,26-,27-,28-/m1/s1. The summed E-state index contributed by atoms with van der Waals surface area (Å²) >= 11 is 0. The smallest absolute Gasteiger partial charge is 0.309 e. The van der Waals surface area contributed by atoms with E-state index in [0.29, 0.717) is 0 Å². The summed E-state index contributed by atoms with van der Waals surface area (Å²) in [6.07, 6.45) is 1.20. The lowest BCUT2D eigenvalue weighted by atomic mass is 9.44. The summed E-state index contributed by atoms with van der Waals surface area (Å²) in [7, 11) is 0. The highest BCUT2D eigenvalue weighted by Crippen LogP contribution is 2.72. The molecule has 202 valence electrons. The molecule has 0 spiro atoms. The molecular formula is C28H34F2O7. The number of hydrogen-bond acceptors (Lipinski definition) is 7. The number of fused-ring (bicyclic) bond motifs is 7. The number of allylic oxidation sites excluding steroid dienone is 4. The average molecular weight is 521 g/mol. The van der Waals surface area contributed by atoms with E-state index in [1.807, 2.05) is 0 Å². The maximum Gasteiger partial charge on any atom is 0.309 e. The van der Waals surface area contributed by atoms with Crippen LogP contribution in [-0.4, -0.2) is 64.7 Å². The third-order valence-corrected chi connectivity index (χ3v) is 10.3. The van der Waals surface area contributed by atoms with Crippen LogP contribution in [0.25, 0.3) is 0 Å². The highest BCUT2D eigenvalue weighted by atomic mass is 19.1. The van der Waals surface area contributed by atoms with Crippen molar-refractivity contribution in [3.63, 3.8) is 0 Å². The maximum atomic E-state index is 17.4. The Morgan fingerprint density at radius 1 is 1.16 bits per heavy atom. The number of rotatable bonds is 4. The van der Waals surface area contributed by atoms with Crippen LogP contribution in [0.15, 0.2) is 23.8 Å². The summed E-state index contributed by atoms with van der Waals surface area (Å²) in [5.74, 6) is -4.16. The van der Waals surface area contributed by atoms with Gasteiger partial charge in [0.2, 0.25) is 5.78 Å². The largest absolute Gasteiger partial charge is 0.457 e. The summed E-state index contributed by atoms with van der Waals surface area (Å²) in [6, 6.07) is 0. The van der Waals surface area contributed by atoms with E-state index in [-0.39, 0.29) is 30.8 Å². The Morgan fingerprint density at radius 2 is 1.86 bits per heavy atom. The number of carbonyl (C=O) groups is 3. The molecule has 0 radical (unpaired) electrons. The number of aliphatic hydroxyl groups excluding tert-OH is 1. The number of ether oxygens (including phenoxy) is 3. The fourth-order valence-electron chi connectivity index (χ4n) is 8.48. The van der Waals surface area contributed by atoms with Crippen molar-refractivity contribution in [1.82, 2.24) is 0 Å². The highest BCUT2D eigenvalue weighted by molar-refractivity contribution is 6.01. The molecule has 1 N–H and O–H groups in total. The third kappa shape index (κ3) is 3.11. The predicted octanol–water partition coefficient (Wildman–Crippen LogP) is 3.33. The van der Waals surface area contributed by atoms with Gasteiger partial charge in [0.1, 0.15) is 6.17 Å². The zero-order chi connectivity index (χ0) is 26.8. The highest BCUT2D eigenvalue weighted by Gasteiger charge is 2.80. The van der Waals surface area contributed by atoms with Crippen molar-refractivity contribution in [2.24, 2.45) is 28.6 Å². The number of esters is 1. The molecule has 9 atom stereocenters. The van der Waals surface area contributed by atoms with Crippen LogP contribution in [-0.2, 0) is 28.6 Å². The zero-order valence-corrected chi connectivity index (χ0v) is 21.6. The molecular weight excluding hydrogens is 486 g/mol. The average Bonchev–Trinajstić information content (AvgIpc) is 3.59. The van der Waals surface area contributed by atoms with E-state index in [0.717, 1.165) is 18.9 Å². The lowest BCUT2D eigenvalue weighted by molar-refractivity contribution is -0.249. The molecule has 0 bridgehead atoms. The van der Waals surface area contributed by atoms with Crippen LogP contribution >= 0.6 is 0 Å². The van der Waals surface area contributed by atoms with Crippen LogP contribution in [0.3, 0.4) is 0 Å². The van der Waals surface area contributed by atoms with Crippen LogP contribution in [0.4, 0.5) is 8.78 Å². The van der Waals surface area contributed by atoms with Crippen molar-refractivity contribution in [2.75, 3.05) is 6.61 Å². The minimum Gasteiger partial charge on any atom is -0.457 e. The first kappa shape index (κ1) is 25.3. The molecule has 4 saturated carbocycles. The van der Waals surface area contributed by atoms with Crippen molar-refractivity contribution in [1.29, 1.82) is 0 Å². The van der Waals surface area contributed by atoms with Crippen molar-refractivity contribution in [3.05, 3.63) is 23.8 Å². The van der Waals surface area contributed by atoms with Gasteiger partial charge >= 0.3 is 5.97 Å². The second-order valence-electron chi connectivity index (χ2n) is 12.7. The summed E-state index contributed by atoms with van der Waals surface area (Å²) in [5.41, 5.74) is -6.43. The molecule has 1 aliphatic heterocycles. The fraction of sp³-hybridized carbons (Fsp3) is 0.750. The van der Waals surface area contributed by atoms with Crippen LogP contribution < -0.4 is 0 Å². The molecule has 7 nitrogen and oxygen atoms in total. The van der Waals surface area contributed by atoms with Gasteiger partial charge in [-0.2, -0.15) is 0 Å². The van der Waals surface area contributed by atoms with Crippen LogP contribution in [0.5, 0.6) is 0 Å². The zero-order valence-electron chi connectivity index (χ0n) is 21.6. The molecule has 1 saturated heterocycles. The van der Waals surface area contributed by atoms with E-state index in [4.69, 9.17) is 14.2 Å². The monoisotopic (exact) mass is 520 g/mol.